The number of rotatable bonds is 3. The molecule has 5 nitrogen and oxygen atoms in total. The summed E-state index contributed by atoms with van der Waals surface area (Å²) in [7, 11) is 0. The Bertz CT molecular complexity index is 780. The van der Waals surface area contributed by atoms with E-state index in [1.54, 1.807) is 11.8 Å². The third-order valence-electron chi connectivity index (χ3n) is 5.22. The molecule has 122 valence electrons. The fraction of sp³-hybridized carbons (Fsp3) is 0.444. The molecule has 0 spiro atoms. The third-order valence-corrected chi connectivity index (χ3v) is 5.22. The molecule has 0 aliphatic carbocycles. The Morgan fingerprint density at radius 1 is 1.35 bits per heavy atom. The molecule has 0 unspecified atom stereocenters. The topological polar surface area (TPSA) is 62.5 Å². The van der Waals surface area contributed by atoms with Gasteiger partial charge in [0.25, 0.3) is 5.91 Å². The predicted molar refractivity (Wildman–Crippen MR) is 88.4 cm³/mol. The second-order valence-electron chi connectivity index (χ2n) is 6.64. The normalized spacial score (nSPS) is 24.3. The van der Waals surface area contributed by atoms with Gasteiger partial charge in [-0.3, -0.25) is 9.59 Å². The van der Waals surface area contributed by atoms with Crippen LogP contribution < -0.4 is 0 Å². The second-order valence-corrected chi connectivity index (χ2v) is 6.64. The van der Waals surface area contributed by atoms with Gasteiger partial charge in [0.05, 0.1) is 5.41 Å². The first-order chi connectivity index (χ1) is 10.9. The van der Waals surface area contributed by atoms with Gasteiger partial charge < -0.3 is 14.6 Å². The minimum atomic E-state index is -0.876. The molecule has 1 fully saturated rings. The fourth-order valence-corrected chi connectivity index (χ4v) is 3.47. The first-order valence-electron chi connectivity index (χ1n) is 7.99. The summed E-state index contributed by atoms with van der Waals surface area (Å²) in [5.74, 6) is -0.986. The van der Waals surface area contributed by atoms with Crippen LogP contribution in [-0.2, 0) is 11.3 Å². The summed E-state index contributed by atoms with van der Waals surface area (Å²) in [5, 5.41) is 10.5. The molecule has 1 amide bonds. The number of aliphatic carboxylic acids is 1. The maximum atomic E-state index is 13.0. The van der Waals surface area contributed by atoms with Crippen LogP contribution in [0, 0.1) is 11.3 Å². The number of fused-ring (bicyclic) bond motifs is 1. The number of benzene rings is 1. The zero-order valence-electron chi connectivity index (χ0n) is 13.7. The average molecular weight is 314 g/mol. The molecule has 5 heteroatoms. The van der Waals surface area contributed by atoms with Gasteiger partial charge in [0.15, 0.2) is 0 Å². The van der Waals surface area contributed by atoms with Crippen LogP contribution in [0.3, 0.4) is 0 Å². The highest BCUT2D eigenvalue weighted by atomic mass is 16.4. The zero-order chi connectivity index (χ0) is 16.8. The van der Waals surface area contributed by atoms with Crippen molar-refractivity contribution in [3.63, 3.8) is 0 Å². The highest BCUT2D eigenvalue weighted by Gasteiger charge is 2.48. The molecular weight excluding hydrogens is 292 g/mol. The van der Waals surface area contributed by atoms with Crippen molar-refractivity contribution in [3.05, 3.63) is 36.0 Å². The van der Waals surface area contributed by atoms with Gasteiger partial charge in [-0.1, -0.05) is 25.1 Å². The minimum absolute atomic E-state index is 0.0663. The zero-order valence-corrected chi connectivity index (χ0v) is 13.7. The van der Waals surface area contributed by atoms with E-state index in [4.69, 9.17) is 0 Å². The molecule has 1 aliphatic heterocycles. The molecule has 2 aromatic rings. The van der Waals surface area contributed by atoms with E-state index in [9.17, 15) is 14.7 Å². The number of carboxylic acids is 1. The highest BCUT2D eigenvalue weighted by Crippen LogP contribution is 2.36. The number of nitrogens with zero attached hydrogens (tertiary/aromatic N) is 2. The van der Waals surface area contributed by atoms with Crippen molar-refractivity contribution in [2.75, 3.05) is 13.1 Å². The molecule has 1 aromatic carbocycles. The van der Waals surface area contributed by atoms with E-state index in [0.29, 0.717) is 18.8 Å². The predicted octanol–water partition coefficient (Wildman–Crippen LogP) is 2.84. The molecule has 0 bridgehead atoms. The molecule has 0 saturated carbocycles. The molecule has 1 saturated heterocycles. The third kappa shape index (κ3) is 2.31. The van der Waals surface area contributed by atoms with Gasteiger partial charge in [-0.05, 0) is 31.9 Å². The maximum absolute atomic E-state index is 13.0. The Hall–Kier alpha value is -2.30. The molecule has 3 rings (SSSR count). The molecule has 23 heavy (non-hydrogen) atoms. The monoisotopic (exact) mass is 314 g/mol. The summed E-state index contributed by atoms with van der Waals surface area (Å²) in [6, 6.07) is 9.82. The Morgan fingerprint density at radius 3 is 2.65 bits per heavy atom. The van der Waals surface area contributed by atoms with E-state index in [-0.39, 0.29) is 18.4 Å². The van der Waals surface area contributed by atoms with Gasteiger partial charge in [0.1, 0.15) is 5.69 Å². The largest absolute Gasteiger partial charge is 0.481 e. The van der Waals surface area contributed by atoms with E-state index >= 15 is 0 Å². The lowest BCUT2D eigenvalue weighted by Gasteiger charge is -2.22. The van der Waals surface area contributed by atoms with Gasteiger partial charge in [0.2, 0.25) is 0 Å². The Kier molecular flexibility index (Phi) is 3.66. The molecule has 1 aliphatic rings. The highest BCUT2D eigenvalue weighted by molar-refractivity contribution is 5.99. The van der Waals surface area contributed by atoms with Gasteiger partial charge in [-0.25, -0.2) is 0 Å². The van der Waals surface area contributed by atoms with E-state index in [0.717, 1.165) is 10.9 Å². The van der Waals surface area contributed by atoms with Crippen LogP contribution in [0.1, 0.15) is 31.3 Å². The van der Waals surface area contributed by atoms with Gasteiger partial charge in [-0.15, -0.1) is 0 Å². The maximum Gasteiger partial charge on any atom is 0.311 e. The van der Waals surface area contributed by atoms with Crippen LogP contribution in [0.25, 0.3) is 10.9 Å². The number of aromatic nitrogens is 1. The van der Waals surface area contributed by atoms with Crippen molar-refractivity contribution in [3.8, 4) is 0 Å². The number of hydrogen-bond acceptors (Lipinski definition) is 2. The van der Waals surface area contributed by atoms with E-state index in [2.05, 4.69) is 0 Å². The number of amides is 1. The number of para-hydroxylation sites is 1. The summed E-state index contributed by atoms with van der Waals surface area (Å²) >= 11 is 0. The lowest BCUT2D eigenvalue weighted by atomic mass is 9.81. The molecule has 0 radical (unpaired) electrons. The number of carbonyl (C=O) groups is 2. The molecule has 1 N–H and O–H groups in total. The van der Waals surface area contributed by atoms with Crippen LogP contribution in [0.5, 0.6) is 0 Å². The first-order valence-corrected chi connectivity index (χ1v) is 7.99. The van der Waals surface area contributed by atoms with Crippen molar-refractivity contribution in [2.24, 2.45) is 11.3 Å². The quantitative estimate of drug-likeness (QED) is 0.947. The average Bonchev–Trinajstić information content (AvgIpc) is 3.05. The number of carbonyl (C=O) groups excluding carboxylic acids is 1. The molecule has 2 atom stereocenters. The minimum Gasteiger partial charge on any atom is -0.481 e. The van der Waals surface area contributed by atoms with Gasteiger partial charge >= 0.3 is 5.97 Å². The SMILES string of the molecule is CCn1c(C(=O)N2C[C@@H](C)[C@](C)(C(=O)O)C2)cc2ccccc21. The van der Waals surface area contributed by atoms with Crippen LogP contribution in [0.2, 0.25) is 0 Å². The number of hydrogen-bond donors (Lipinski definition) is 1. The molecular formula is C18H22N2O3. The summed E-state index contributed by atoms with van der Waals surface area (Å²) in [5.41, 5.74) is 0.792. The fourth-order valence-electron chi connectivity index (χ4n) is 3.47. The van der Waals surface area contributed by atoms with Crippen LogP contribution >= 0.6 is 0 Å². The Balaban J connectivity index is 1.97. The lowest BCUT2D eigenvalue weighted by molar-refractivity contribution is -0.148. The van der Waals surface area contributed by atoms with E-state index < -0.39 is 11.4 Å². The van der Waals surface area contributed by atoms with Gasteiger partial charge in [-0.2, -0.15) is 0 Å². The van der Waals surface area contributed by atoms with Crippen molar-refractivity contribution in [1.82, 2.24) is 9.47 Å². The van der Waals surface area contributed by atoms with Crippen LogP contribution in [-0.4, -0.2) is 39.5 Å². The van der Waals surface area contributed by atoms with Crippen molar-refractivity contribution in [1.29, 1.82) is 0 Å². The lowest BCUT2D eigenvalue weighted by Crippen LogP contribution is -2.36. The van der Waals surface area contributed by atoms with E-state index in [1.807, 2.05) is 48.7 Å². The smallest absolute Gasteiger partial charge is 0.311 e. The number of carboxylic acid groups (broad SMARTS) is 1. The summed E-state index contributed by atoms with van der Waals surface area (Å²) in [4.78, 5) is 26.2. The van der Waals surface area contributed by atoms with Crippen molar-refractivity contribution in [2.45, 2.75) is 27.3 Å². The van der Waals surface area contributed by atoms with Gasteiger partial charge in [0, 0.05) is 30.5 Å². The number of aryl methyl sites for hydroxylation is 1. The number of likely N-dealkylation sites (tertiary alicyclic amines) is 1. The Morgan fingerprint density at radius 2 is 2.04 bits per heavy atom. The summed E-state index contributed by atoms with van der Waals surface area (Å²) < 4.78 is 2.00. The molecule has 1 aromatic heterocycles. The first kappa shape index (κ1) is 15.6. The van der Waals surface area contributed by atoms with Crippen molar-refractivity contribution < 1.29 is 14.7 Å². The van der Waals surface area contributed by atoms with Crippen LogP contribution in [0.15, 0.2) is 30.3 Å². The Labute approximate surface area is 135 Å². The second kappa shape index (κ2) is 5.41. The van der Waals surface area contributed by atoms with Crippen molar-refractivity contribution >= 4 is 22.8 Å². The van der Waals surface area contributed by atoms with Crippen LogP contribution in [0.4, 0.5) is 0 Å². The summed E-state index contributed by atoms with van der Waals surface area (Å²) in [6.07, 6.45) is 0. The molecule has 2 heterocycles. The van der Waals surface area contributed by atoms with E-state index in [1.165, 1.54) is 0 Å². The standard InChI is InChI=1S/C18H22N2O3/c1-4-20-14-8-6-5-7-13(14)9-15(20)16(21)19-10-12(2)18(3,11-19)17(22)23/h5-9,12H,4,10-11H2,1-3H3,(H,22,23)/t12-,18-/m1/s1. The summed E-state index contributed by atoms with van der Waals surface area (Å²) in [6.45, 7) is 7.07.